The van der Waals surface area contributed by atoms with E-state index in [9.17, 15) is 14.7 Å². The van der Waals surface area contributed by atoms with Crippen molar-refractivity contribution in [1.82, 2.24) is 10.6 Å². The van der Waals surface area contributed by atoms with Crippen LogP contribution in [0.3, 0.4) is 0 Å². The lowest BCUT2D eigenvalue weighted by atomic mass is 9.77. The Kier molecular flexibility index (Phi) is 4.37. The second-order valence-electron chi connectivity index (χ2n) is 6.23. The Hall–Kier alpha value is -1.10. The van der Waals surface area contributed by atoms with Crippen LogP contribution in [0.15, 0.2) is 0 Å². The first kappa shape index (κ1) is 15.0. The molecule has 1 unspecified atom stereocenters. The highest BCUT2D eigenvalue weighted by Crippen LogP contribution is 2.31. The van der Waals surface area contributed by atoms with Gasteiger partial charge in [-0.15, -0.1) is 0 Å². The molecule has 2 amide bonds. The SMILES string of the molecule is CC(NC(=O)C(C)(C)C)C(=O)NC1(CO)CCC1. The van der Waals surface area contributed by atoms with Crippen molar-refractivity contribution in [2.75, 3.05) is 6.61 Å². The number of carbonyl (C=O) groups excluding carboxylic acids is 2. The number of hydrogen-bond donors (Lipinski definition) is 3. The number of hydrogen-bond acceptors (Lipinski definition) is 3. The van der Waals surface area contributed by atoms with Crippen molar-refractivity contribution in [2.24, 2.45) is 5.41 Å². The van der Waals surface area contributed by atoms with Crippen molar-refractivity contribution >= 4 is 11.8 Å². The lowest BCUT2D eigenvalue weighted by molar-refractivity contribution is -0.134. The molecule has 1 atom stereocenters. The highest BCUT2D eigenvalue weighted by molar-refractivity contribution is 5.89. The minimum absolute atomic E-state index is 0.0430. The van der Waals surface area contributed by atoms with Gasteiger partial charge in [-0.05, 0) is 26.2 Å². The van der Waals surface area contributed by atoms with Gasteiger partial charge in [0.25, 0.3) is 0 Å². The number of rotatable bonds is 4. The second-order valence-corrected chi connectivity index (χ2v) is 6.23. The van der Waals surface area contributed by atoms with E-state index >= 15 is 0 Å². The quantitative estimate of drug-likeness (QED) is 0.688. The predicted octanol–water partition coefficient (Wildman–Crippen LogP) is 0.568. The molecule has 18 heavy (non-hydrogen) atoms. The number of nitrogens with one attached hydrogen (secondary N) is 2. The van der Waals surface area contributed by atoms with Crippen LogP contribution in [0.2, 0.25) is 0 Å². The maximum Gasteiger partial charge on any atom is 0.242 e. The van der Waals surface area contributed by atoms with Gasteiger partial charge < -0.3 is 15.7 Å². The summed E-state index contributed by atoms with van der Waals surface area (Å²) in [7, 11) is 0. The second kappa shape index (κ2) is 5.26. The van der Waals surface area contributed by atoms with Gasteiger partial charge in [0.2, 0.25) is 11.8 Å². The zero-order valence-corrected chi connectivity index (χ0v) is 11.7. The van der Waals surface area contributed by atoms with Crippen LogP contribution in [0.1, 0.15) is 47.0 Å². The lowest BCUT2D eigenvalue weighted by Crippen LogP contribution is -2.60. The Morgan fingerprint density at radius 3 is 2.22 bits per heavy atom. The van der Waals surface area contributed by atoms with Gasteiger partial charge in [0.05, 0.1) is 12.1 Å². The third-order valence-electron chi connectivity index (χ3n) is 3.42. The molecule has 0 aromatic heterocycles. The third kappa shape index (κ3) is 3.45. The maximum absolute atomic E-state index is 11.9. The van der Waals surface area contributed by atoms with Crippen LogP contribution in [0, 0.1) is 5.41 Å². The summed E-state index contributed by atoms with van der Waals surface area (Å²) in [6, 6.07) is -0.583. The van der Waals surface area contributed by atoms with Crippen LogP contribution in [-0.4, -0.2) is 35.1 Å². The van der Waals surface area contributed by atoms with Gasteiger partial charge in [0.1, 0.15) is 6.04 Å². The molecule has 0 aliphatic heterocycles. The molecule has 0 bridgehead atoms. The summed E-state index contributed by atoms with van der Waals surface area (Å²) in [6.45, 7) is 7.01. The monoisotopic (exact) mass is 256 g/mol. The molecule has 0 aromatic carbocycles. The Bertz CT molecular complexity index is 324. The average Bonchev–Trinajstić information content (AvgIpc) is 2.21. The van der Waals surface area contributed by atoms with Crippen LogP contribution in [0.5, 0.6) is 0 Å². The van der Waals surface area contributed by atoms with Crippen molar-refractivity contribution in [1.29, 1.82) is 0 Å². The zero-order chi connectivity index (χ0) is 14.0. The minimum Gasteiger partial charge on any atom is -0.394 e. The standard InChI is InChI=1S/C13H24N2O3/c1-9(14-11(18)12(2,3)4)10(17)15-13(8-16)6-5-7-13/h9,16H,5-8H2,1-4H3,(H,14,18)(H,15,17). The average molecular weight is 256 g/mol. The number of amides is 2. The molecule has 1 aliphatic carbocycles. The van der Waals surface area contributed by atoms with Gasteiger partial charge in [-0.25, -0.2) is 0 Å². The maximum atomic E-state index is 11.9. The summed E-state index contributed by atoms with van der Waals surface area (Å²) in [5, 5.41) is 14.8. The highest BCUT2D eigenvalue weighted by atomic mass is 16.3. The van der Waals surface area contributed by atoms with Gasteiger partial charge in [0, 0.05) is 5.41 Å². The van der Waals surface area contributed by atoms with Gasteiger partial charge in [-0.1, -0.05) is 20.8 Å². The fourth-order valence-electron chi connectivity index (χ4n) is 1.77. The van der Waals surface area contributed by atoms with E-state index in [0.717, 1.165) is 19.3 Å². The van der Waals surface area contributed by atoms with Crippen LogP contribution < -0.4 is 10.6 Å². The number of aliphatic hydroxyl groups excluding tert-OH is 1. The molecule has 104 valence electrons. The summed E-state index contributed by atoms with van der Waals surface area (Å²) < 4.78 is 0. The molecule has 5 nitrogen and oxygen atoms in total. The highest BCUT2D eigenvalue weighted by Gasteiger charge is 2.38. The summed E-state index contributed by atoms with van der Waals surface area (Å²) in [5.74, 6) is -0.391. The summed E-state index contributed by atoms with van der Waals surface area (Å²) in [5.41, 5.74) is -0.975. The fraction of sp³-hybridized carbons (Fsp3) is 0.846. The Morgan fingerprint density at radius 1 is 1.33 bits per heavy atom. The predicted molar refractivity (Wildman–Crippen MR) is 68.9 cm³/mol. The largest absolute Gasteiger partial charge is 0.394 e. The Balaban J connectivity index is 2.49. The zero-order valence-electron chi connectivity index (χ0n) is 11.7. The van der Waals surface area contributed by atoms with E-state index in [-0.39, 0.29) is 18.4 Å². The van der Waals surface area contributed by atoms with Crippen LogP contribution in [0.4, 0.5) is 0 Å². The molecule has 0 heterocycles. The van der Waals surface area contributed by atoms with E-state index in [2.05, 4.69) is 10.6 Å². The minimum atomic E-state index is -0.583. The molecule has 0 saturated heterocycles. The van der Waals surface area contributed by atoms with Crippen LogP contribution >= 0.6 is 0 Å². The first-order valence-electron chi connectivity index (χ1n) is 6.44. The Morgan fingerprint density at radius 2 is 1.89 bits per heavy atom. The van der Waals surface area contributed by atoms with Gasteiger partial charge in [0.15, 0.2) is 0 Å². The summed E-state index contributed by atoms with van der Waals surface area (Å²) in [6.07, 6.45) is 2.62. The van der Waals surface area contributed by atoms with E-state index in [1.54, 1.807) is 27.7 Å². The van der Waals surface area contributed by atoms with E-state index < -0.39 is 17.0 Å². The molecule has 3 N–H and O–H groups in total. The molecule has 0 aromatic rings. The van der Waals surface area contributed by atoms with Crippen molar-refractivity contribution in [3.63, 3.8) is 0 Å². The fourth-order valence-corrected chi connectivity index (χ4v) is 1.77. The van der Waals surface area contributed by atoms with E-state index in [0.29, 0.717) is 0 Å². The van der Waals surface area contributed by atoms with Crippen molar-refractivity contribution in [3.8, 4) is 0 Å². The lowest BCUT2D eigenvalue weighted by Gasteiger charge is -2.41. The number of aliphatic hydroxyl groups is 1. The van der Waals surface area contributed by atoms with Crippen molar-refractivity contribution in [2.45, 2.75) is 58.5 Å². The first-order valence-corrected chi connectivity index (χ1v) is 6.44. The summed E-state index contributed by atoms with van der Waals surface area (Å²) >= 11 is 0. The van der Waals surface area contributed by atoms with Gasteiger partial charge in [-0.2, -0.15) is 0 Å². The molecule has 1 aliphatic rings. The molecule has 0 spiro atoms. The van der Waals surface area contributed by atoms with Crippen molar-refractivity contribution < 1.29 is 14.7 Å². The van der Waals surface area contributed by atoms with Crippen LogP contribution in [0.25, 0.3) is 0 Å². The van der Waals surface area contributed by atoms with Crippen LogP contribution in [-0.2, 0) is 9.59 Å². The van der Waals surface area contributed by atoms with E-state index in [1.807, 2.05) is 0 Å². The number of carbonyl (C=O) groups is 2. The normalized spacial score (nSPS) is 19.6. The molecule has 5 heteroatoms. The van der Waals surface area contributed by atoms with E-state index in [1.165, 1.54) is 0 Å². The first-order chi connectivity index (χ1) is 8.20. The molecular formula is C13H24N2O3. The Labute approximate surface area is 108 Å². The van der Waals surface area contributed by atoms with E-state index in [4.69, 9.17) is 0 Å². The third-order valence-corrected chi connectivity index (χ3v) is 3.42. The topological polar surface area (TPSA) is 78.4 Å². The molecule has 1 rings (SSSR count). The van der Waals surface area contributed by atoms with Gasteiger partial charge >= 0.3 is 0 Å². The van der Waals surface area contributed by atoms with Crippen molar-refractivity contribution in [3.05, 3.63) is 0 Å². The molecular weight excluding hydrogens is 232 g/mol. The smallest absolute Gasteiger partial charge is 0.242 e. The van der Waals surface area contributed by atoms with Gasteiger partial charge in [-0.3, -0.25) is 9.59 Å². The summed E-state index contributed by atoms with van der Waals surface area (Å²) in [4.78, 5) is 23.7. The molecule has 1 fully saturated rings. The molecule has 0 radical (unpaired) electrons. The molecule has 1 saturated carbocycles.